The van der Waals surface area contributed by atoms with Gasteiger partial charge in [-0.1, -0.05) is 72.8 Å². The van der Waals surface area contributed by atoms with E-state index in [-0.39, 0.29) is 11.7 Å². The van der Waals surface area contributed by atoms with E-state index in [0.29, 0.717) is 10.8 Å². The van der Waals surface area contributed by atoms with Gasteiger partial charge in [0.1, 0.15) is 5.82 Å². The fourth-order valence-electron chi connectivity index (χ4n) is 7.08. The second kappa shape index (κ2) is 8.36. The molecule has 4 heteroatoms. The van der Waals surface area contributed by atoms with Gasteiger partial charge in [0.15, 0.2) is 0 Å². The highest BCUT2D eigenvalue weighted by atomic mass is 32.2. The first kappa shape index (κ1) is 22.5. The summed E-state index contributed by atoms with van der Waals surface area (Å²) in [7, 11) is 0. The van der Waals surface area contributed by atoms with Gasteiger partial charge < -0.3 is 9.13 Å². The number of allylic oxidation sites excluding steroid dienone is 4. The molecule has 2 unspecified atom stereocenters. The van der Waals surface area contributed by atoms with E-state index >= 15 is 4.39 Å². The summed E-state index contributed by atoms with van der Waals surface area (Å²) >= 11 is 1.93. The predicted octanol–water partition coefficient (Wildman–Crippen LogP) is 9.51. The molecule has 1 aliphatic heterocycles. The number of para-hydroxylation sites is 3. The monoisotopic (exact) mass is 536 g/mol. The van der Waals surface area contributed by atoms with Crippen LogP contribution in [0.15, 0.2) is 114 Å². The lowest BCUT2D eigenvalue weighted by Gasteiger charge is -2.22. The Morgan fingerprint density at radius 3 is 2.48 bits per heavy atom. The number of aromatic nitrogens is 2. The van der Waals surface area contributed by atoms with Crippen molar-refractivity contribution in [3.05, 3.63) is 132 Å². The largest absolute Gasteiger partial charge is 0.313 e. The van der Waals surface area contributed by atoms with Gasteiger partial charge in [-0.15, -0.1) is 11.8 Å². The maximum atomic E-state index is 15.3. The van der Waals surface area contributed by atoms with Gasteiger partial charge >= 0.3 is 0 Å². The normalized spacial score (nSPS) is 19.3. The highest BCUT2D eigenvalue weighted by Crippen LogP contribution is 2.51. The van der Waals surface area contributed by atoms with E-state index < -0.39 is 0 Å². The van der Waals surface area contributed by atoms with Crippen LogP contribution in [0.4, 0.5) is 4.39 Å². The summed E-state index contributed by atoms with van der Waals surface area (Å²) in [6.07, 6.45) is 13.9. The van der Waals surface area contributed by atoms with Gasteiger partial charge in [0.05, 0.1) is 16.6 Å². The maximum absolute atomic E-state index is 15.3. The van der Waals surface area contributed by atoms with Gasteiger partial charge in [-0.05, 0) is 60.9 Å². The fraction of sp³-hybridized carbons (Fsp3) is 0.111. The van der Waals surface area contributed by atoms with Crippen molar-refractivity contribution in [3.63, 3.8) is 0 Å². The van der Waals surface area contributed by atoms with Crippen molar-refractivity contribution >= 4 is 56.2 Å². The van der Waals surface area contributed by atoms with Crippen LogP contribution in [0.25, 0.3) is 50.2 Å². The van der Waals surface area contributed by atoms with Gasteiger partial charge in [-0.2, -0.15) is 0 Å². The van der Waals surface area contributed by atoms with Gasteiger partial charge in [-0.3, -0.25) is 0 Å². The van der Waals surface area contributed by atoms with Crippen molar-refractivity contribution in [2.45, 2.75) is 28.9 Å². The Bertz CT molecular complexity index is 2120. The van der Waals surface area contributed by atoms with E-state index in [1.54, 1.807) is 12.1 Å². The number of rotatable bonds is 2. The SMILES string of the molecule is Fc1cccc2c3ccccc3n(-c3ccc4c(c3)C3C=C(n5c6c(c7ccccc75)C=CCC6)C=CC3S4)c12. The van der Waals surface area contributed by atoms with Crippen molar-refractivity contribution in [2.75, 3.05) is 0 Å². The molecule has 6 aromatic rings. The van der Waals surface area contributed by atoms with Crippen LogP contribution >= 0.6 is 11.8 Å². The number of hydrogen-bond donors (Lipinski definition) is 0. The molecule has 0 spiro atoms. The summed E-state index contributed by atoms with van der Waals surface area (Å²) < 4.78 is 19.9. The predicted molar refractivity (Wildman–Crippen MR) is 166 cm³/mol. The van der Waals surface area contributed by atoms with Crippen LogP contribution in [-0.2, 0) is 6.42 Å². The molecule has 2 aromatic heterocycles. The van der Waals surface area contributed by atoms with E-state index in [2.05, 4.69) is 94.1 Å². The minimum Gasteiger partial charge on any atom is -0.313 e. The third-order valence-corrected chi connectivity index (χ3v) is 10.1. The standard InChI is InChI=1S/C36H25FN2S/c37-30-12-7-11-27-26-10-3-6-15-33(26)39(36(27)30)23-17-19-35-29(21-23)28-20-22(16-18-34(28)40-35)38-31-13-4-1-8-24(31)25-9-2-5-14-32(25)38/h1-4,6-13,15-21,28,34H,5,14H2. The number of thioether (sulfide) groups is 1. The molecule has 0 amide bonds. The first-order valence-corrected chi connectivity index (χ1v) is 14.8. The molecule has 2 atom stereocenters. The minimum atomic E-state index is -0.192. The van der Waals surface area contributed by atoms with Crippen LogP contribution in [0.1, 0.15) is 29.2 Å². The first-order chi connectivity index (χ1) is 19.8. The summed E-state index contributed by atoms with van der Waals surface area (Å²) in [5, 5.41) is 3.71. The zero-order valence-corrected chi connectivity index (χ0v) is 22.5. The average Bonchev–Trinajstić information content (AvgIpc) is 3.65. The Labute approximate surface area is 235 Å². The first-order valence-electron chi connectivity index (χ1n) is 13.9. The van der Waals surface area contributed by atoms with Crippen molar-refractivity contribution < 1.29 is 4.39 Å². The zero-order chi connectivity index (χ0) is 26.4. The molecule has 3 heterocycles. The van der Waals surface area contributed by atoms with E-state index in [0.717, 1.165) is 34.8 Å². The van der Waals surface area contributed by atoms with Crippen LogP contribution in [0.3, 0.4) is 0 Å². The Morgan fingerprint density at radius 1 is 0.775 bits per heavy atom. The Kier molecular flexibility index (Phi) is 4.71. The molecule has 0 saturated carbocycles. The zero-order valence-electron chi connectivity index (χ0n) is 21.7. The highest BCUT2D eigenvalue weighted by Gasteiger charge is 2.34. The molecule has 0 radical (unpaired) electrons. The maximum Gasteiger partial charge on any atom is 0.147 e. The van der Waals surface area contributed by atoms with Gasteiger partial charge in [0.25, 0.3) is 0 Å². The van der Waals surface area contributed by atoms with Gasteiger partial charge in [0.2, 0.25) is 0 Å². The topological polar surface area (TPSA) is 9.86 Å². The molecule has 0 fully saturated rings. The van der Waals surface area contributed by atoms with Crippen molar-refractivity contribution in [3.8, 4) is 5.69 Å². The third kappa shape index (κ3) is 3.05. The summed E-state index contributed by atoms with van der Waals surface area (Å²) in [6, 6.07) is 29.1. The lowest BCUT2D eigenvalue weighted by atomic mass is 9.90. The van der Waals surface area contributed by atoms with E-state index in [1.807, 2.05) is 30.0 Å². The second-order valence-corrected chi connectivity index (χ2v) is 12.1. The summed E-state index contributed by atoms with van der Waals surface area (Å²) in [5.41, 5.74) is 9.28. The number of benzene rings is 4. The number of nitrogens with zero attached hydrogens (tertiary/aromatic N) is 2. The average molecular weight is 537 g/mol. The molecule has 0 saturated heterocycles. The van der Waals surface area contributed by atoms with Crippen LogP contribution < -0.4 is 0 Å². The lowest BCUT2D eigenvalue weighted by Crippen LogP contribution is -2.13. The fourth-order valence-corrected chi connectivity index (χ4v) is 8.38. The number of fused-ring (bicyclic) bond motifs is 9. The summed E-state index contributed by atoms with van der Waals surface area (Å²) in [5.74, 6) is 0.0661. The molecule has 0 bridgehead atoms. The van der Waals surface area contributed by atoms with E-state index in [9.17, 15) is 0 Å². The third-order valence-electron chi connectivity index (χ3n) is 8.79. The molecule has 40 heavy (non-hydrogen) atoms. The van der Waals surface area contributed by atoms with Crippen LogP contribution in [0, 0.1) is 5.82 Å². The molecule has 0 N–H and O–H groups in total. The number of halogens is 1. The quantitative estimate of drug-likeness (QED) is 0.214. The van der Waals surface area contributed by atoms with Gasteiger partial charge in [0, 0.05) is 54.9 Å². The summed E-state index contributed by atoms with van der Waals surface area (Å²) in [4.78, 5) is 1.31. The van der Waals surface area contributed by atoms with Crippen LogP contribution in [0.5, 0.6) is 0 Å². The molecule has 2 aliphatic carbocycles. The second-order valence-electron chi connectivity index (χ2n) is 10.9. The van der Waals surface area contributed by atoms with Crippen molar-refractivity contribution in [1.82, 2.24) is 9.13 Å². The molecule has 192 valence electrons. The molecule has 3 aliphatic rings. The molecular formula is C36H25FN2S. The molecule has 9 rings (SSSR count). The Hall–Kier alpha value is -4.28. The molecule has 4 aromatic carbocycles. The van der Waals surface area contributed by atoms with E-state index in [1.165, 1.54) is 38.3 Å². The minimum absolute atomic E-state index is 0.192. The summed E-state index contributed by atoms with van der Waals surface area (Å²) in [6.45, 7) is 0. The van der Waals surface area contributed by atoms with Gasteiger partial charge in [-0.25, -0.2) is 4.39 Å². The smallest absolute Gasteiger partial charge is 0.147 e. The highest BCUT2D eigenvalue weighted by molar-refractivity contribution is 8.00. The molecule has 2 nitrogen and oxygen atoms in total. The number of hydrogen-bond acceptors (Lipinski definition) is 1. The Morgan fingerprint density at radius 2 is 1.57 bits per heavy atom. The van der Waals surface area contributed by atoms with E-state index in [4.69, 9.17) is 0 Å². The van der Waals surface area contributed by atoms with Crippen LogP contribution in [0.2, 0.25) is 0 Å². The molecular weight excluding hydrogens is 511 g/mol. The van der Waals surface area contributed by atoms with Crippen molar-refractivity contribution in [1.29, 1.82) is 0 Å². The van der Waals surface area contributed by atoms with Crippen molar-refractivity contribution in [2.24, 2.45) is 0 Å². The Balaban J connectivity index is 1.22. The lowest BCUT2D eigenvalue weighted by molar-refractivity contribution is 0.635. The van der Waals surface area contributed by atoms with Crippen LogP contribution in [-0.4, -0.2) is 14.4 Å².